The first-order valence-electron chi connectivity index (χ1n) is 4.39. The third kappa shape index (κ3) is 2.57. The van der Waals surface area contributed by atoms with Gasteiger partial charge in [-0.2, -0.15) is 5.11 Å². The summed E-state index contributed by atoms with van der Waals surface area (Å²) in [4.78, 5) is 7.61. The first-order valence-corrected chi connectivity index (χ1v) is 4.39. The molecule has 1 heterocycles. The van der Waals surface area contributed by atoms with Gasteiger partial charge < -0.3 is 5.73 Å². The maximum atomic E-state index is 5.34. The Morgan fingerprint density at radius 1 is 0.867 bits per heavy atom. The molecule has 0 radical (unpaired) electrons. The Bertz CT molecular complexity index is 449. The van der Waals surface area contributed by atoms with Gasteiger partial charge in [-0.3, -0.25) is 0 Å². The average Bonchev–Trinajstić information content (AvgIpc) is 2.30. The topological polar surface area (TPSA) is 76.5 Å². The van der Waals surface area contributed by atoms with Crippen molar-refractivity contribution in [2.24, 2.45) is 10.2 Å². The maximum Gasteiger partial charge on any atom is 0.220 e. The van der Waals surface area contributed by atoms with Crippen LogP contribution in [0.4, 0.5) is 17.3 Å². The van der Waals surface area contributed by atoms with Crippen LogP contribution in [0.25, 0.3) is 0 Å². The van der Waals surface area contributed by atoms with Crippen molar-refractivity contribution in [3.8, 4) is 0 Å². The smallest absolute Gasteiger partial charge is 0.220 e. The summed E-state index contributed by atoms with van der Waals surface area (Å²) in [7, 11) is 0. The zero-order chi connectivity index (χ0) is 10.5. The predicted octanol–water partition coefficient (Wildman–Crippen LogP) is 2.47. The van der Waals surface area contributed by atoms with Crippen molar-refractivity contribution in [3.05, 3.63) is 42.7 Å². The van der Waals surface area contributed by atoms with Crippen molar-refractivity contribution in [3.63, 3.8) is 0 Å². The lowest BCUT2D eigenvalue weighted by atomic mass is 10.3. The number of azo groups is 1. The monoisotopic (exact) mass is 199 g/mol. The molecule has 2 rings (SSSR count). The third-order valence-corrected chi connectivity index (χ3v) is 1.70. The summed E-state index contributed by atoms with van der Waals surface area (Å²) in [6.45, 7) is 0. The van der Waals surface area contributed by atoms with Crippen molar-refractivity contribution in [1.29, 1.82) is 0 Å². The Hall–Kier alpha value is -2.30. The van der Waals surface area contributed by atoms with E-state index in [2.05, 4.69) is 20.2 Å². The summed E-state index contributed by atoms with van der Waals surface area (Å²) >= 11 is 0. The van der Waals surface area contributed by atoms with Crippen LogP contribution in [0.1, 0.15) is 0 Å². The van der Waals surface area contributed by atoms with Gasteiger partial charge in [0.05, 0.1) is 18.1 Å². The van der Waals surface area contributed by atoms with Crippen LogP contribution in [0.5, 0.6) is 0 Å². The lowest BCUT2D eigenvalue weighted by Crippen LogP contribution is -1.91. The summed E-state index contributed by atoms with van der Waals surface area (Å²) in [6, 6.07) is 9.44. The molecule has 0 saturated heterocycles. The normalized spacial score (nSPS) is 10.7. The summed E-state index contributed by atoms with van der Waals surface area (Å²) in [5, 5.41) is 7.97. The van der Waals surface area contributed by atoms with Crippen LogP contribution in [0.15, 0.2) is 53.0 Å². The molecule has 2 N–H and O–H groups in total. The second-order valence-electron chi connectivity index (χ2n) is 2.84. The minimum Gasteiger partial charge on any atom is -0.368 e. The number of aromatic nitrogens is 2. The number of nitrogen functional groups attached to an aromatic ring is 1. The molecular formula is C10H9N5. The lowest BCUT2D eigenvalue weighted by molar-refractivity contribution is 1.13. The molecule has 0 saturated carbocycles. The highest BCUT2D eigenvalue weighted by Crippen LogP contribution is 2.15. The van der Waals surface area contributed by atoms with E-state index in [9.17, 15) is 0 Å². The molecule has 0 aliphatic carbocycles. The van der Waals surface area contributed by atoms with E-state index in [1.807, 2.05) is 30.3 Å². The highest BCUT2D eigenvalue weighted by molar-refractivity contribution is 5.38. The molecule has 5 heteroatoms. The first kappa shape index (κ1) is 9.26. The molecule has 1 aromatic heterocycles. The van der Waals surface area contributed by atoms with Crippen molar-refractivity contribution in [2.45, 2.75) is 0 Å². The van der Waals surface area contributed by atoms with E-state index in [-0.39, 0.29) is 5.95 Å². The number of anilines is 1. The Balaban J connectivity index is 2.15. The van der Waals surface area contributed by atoms with Crippen molar-refractivity contribution in [1.82, 2.24) is 9.97 Å². The van der Waals surface area contributed by atoms with E-state index in [1.54, 1.807) is 0 Å². The van der Waals surface area contributed by atoms with E-state index < -0.39 is 0 Å². The Kier molecular flexibility index (Phi) is 2.64. The van der Waals surface area contributed by atoms with Crippen molar-refractivity contribution < 1.29 is 0 Å². The summed E-state index contributed by atoms with van der Waals surface area (Å²) in [5.41, 5.74) is 6.70. The van der Waals surface area contributed by atoms with Crippen LogP contribution in [0.3, 0.4) is 0 Å². The van der Waals surface area contributed by atoms with Gasteiger partial charge in [-0.05, 0) is 12.1 Å². The number of hydrogen-bond acceptors (Lipinski definition) is 5. The molecule has 0 atom stereocenters. The van der Waals surface area contributed by atoms with Crippen molar-refractivity contribution in [2.75, 3.05) is 5.73 Å². The van der Waals surface area contributed by atoms with E-state index in [0.717, 1.165) is 5.69 Å². The predicted molar refractivity (Wildman–Crippen MR) is 57.1 cm³/mol. The Labute approximate surface area is 86.7 Å². The molecule has 0 aliphatic heterocycles. The van der Waals surface area contributed by atoms with Crippen LogP contribution in [-0.4, -0.2) is 9.97 Å². The van der Waals surface area contributed by atoms with Crippen LogP contribution in [-0.2, 0) is 0 Å². The van der Waals surface area contributed by atoms with Crippen LogP contribution >= 0.6 is 0 Å². The molecule has 0 bridgehead atoms. The third-order valence-electron chi connectivity index (χ3n) is 1.70. The Morgan fingerprint density at radius 2 is 1.47 bits per heavy atom. The van der Waals surface area contributed by atoms with E-state index in [0.29, 0.717) is 5.69 Å². The van der Waals surface area contributed by atoms with Gasteiger partial charge in [-0.25, -0.2) is 9.97 Å². The van der Waals surface area contributed by atoms with Gasteiger partial charge in [-0.15, -0.1) is 5.11 Å². The van der Waals surface area contributed by atoms with E-state index in [4.69, 9.17) is 5.73 Å². The van der Waals surface area contributed by atoms with Gasteiger partial charge in [0, 0.05) is 0 Å². The van der Waals surface area contributed by atoms with Crippen molar-refractivity contribution >= 4 is 17.3 Å². The summed E-state index contributed by atoms with van der Waals surface area (Å²) in [6.07, 6.45) is 3.05. The largest absolute Gasteiger partial charge is 0.368 e. The fourth-order valence-corrected chi connectivity index (χ4v) is 0.993. The highest BCUT2D eigenvalue weighted by atomic mass is 15.1. The van der Waals surface area contributed by atoms with Crippen LogP contribution < -0.4 is 5.73 Å². The fourth-order valence-electron chi connectivity index (χ4n) is 0.993. The molecule has 5 nitrogen and oxygen atoms in total. The molecule has 1 aromatic carbocycles. The molecule has 0 spiro atoms. The molecule has 0 fully saturated rings. The number of nitrogens with zero attached hydrogens (tertiary/aromatic N) is 4. The number of hydrogen-bond donors (Lipinski definition) is 1. The molecular weight excluding hydrogens is 190 g/mol. The average molecular weight is 199 g/mol. The standard InChI is InChI=1S/C10H9N5/c11-10-12-6-9(7-13-10)15-14-8-4-2-1-3-5-8/h1-7H,(H2,11,12,13)/b15-14+. The quantitative estimate of drug-likeness (QED) is 0.754. The molecule has 2 aromatic rings. The fraction of sp³-hybridized carbons (Fsp3) is 0. The number of rotatable bonds is 2. The zero-order valence-corrected chi connectivity index (χ0v) is 7.91. The molecule has 0 amide bonds. The van der Waals surface area contributed by atoms with Crippen LogP contribution in [0.2, 0.25) is 0 Å². The lowest BCUT2D eigenvalue weighted by Gasteiger charge is -1.92. The minimum atomic E-state index is 0.230. The molecule has 0 aliphatic rings. The van der Waals surface area contributed by atoms with E-state index >= 15 is 0 Å². The molecule has 15 heavy (non-hydrogen) atoms. The second-order valence-corrected chi connectivity index (χ2v) is 2.84. The molecule has 0 unspecified atom stereocenters. The van der Waals surface area contributed by atoms with Gasteiger partial charge >= 0.3 is 0 Å². The zero-order valence-electron chi connectivity index (χ0n) is 7.91. The van der Waals surface area contributed by atoms with Gasteiger partial charge in [0.15, 0.2) is 0 Å². The van der Waals surface area contributed by atoms with E-state index in [1.165, 1.54) is 12.4 Å². The maximum absolute atomic E-state index is 5.34. The highest BCUT2D eigenvalue weighted by Gasteiger charge is 1.91. The summed E-state index contributed by atoms with van der Waals surface area (Å²) < 4.78 is 0. The second kappa shape index (κ2) is 4.28. The molecule has 74 valence electrons. The first-order chi connectivity index (χ1) is 7.34. The van der Waals surface area contributed by atoms with Gasteiger partial charge in [0.25, 0.3) is 0 Å². The Morgan fingerprint density at radius 3 is 2.13 bits per heavy atom. The number of nitrogens with two attached hydrogens (primary N) is 1. The van der Waals surface area contributed by atoms with Gasteiger partial charge in [0.2, 0.25) is 5.95 Å². The summed E-state index contributed by atoms with van der Waals surface area (Å²) in [5.74, 6) is 0.230. The minimum absolute atomic E-state index is 0.230. The SMILES string of the molecule is Nc1ncc(/N=N/c2ccccc2)cn1. The van der Waals surface area contributed by atoms with Gasteiger partial charge in [0.1, 0.15) is 5.69 Å². The van der Waals surface area contributed by atoms with Crippen LogP contribution in [0, 0.1) is 0 Å². The van der Waals surface area contributed by atoms with Gasteiger partial charge in [-0.1, -0.05) is 18.2 Å². The number of benzene rings is 1.